The van der Waals surface area contributed by atoms with Crippen molar-refractivity contribution in [3.63, 3.8) is 0 Å². The molecule has 1 N–H and O–H groups in total. The van der Waals surface area contributed by atoms with Crippen molar-refractivity contribution in [3.8, 4) is 11.8 Å². The number of nitrogens with zero attached hydrogens (tertiary/aromatic N) is 1. The van der Waals surface area contributed by atoms with E-state index in [0.29, 0.717) is 29.7 Å². The number of amides is 2. The fraction of sp³-hybridized carbons (Fsp3) is 0.385. The van der Waals surface area contributed by atoms with Gasteiger partial charge in [-0.2, -0.15) is 0 Å². The molecule has 2 amide bonds. The quantitative estimate of drug-likeness (QED) is 0.730. The van der Waals surface area contributed by atoms with E-state index in [1.54, 1.807) is 61.5 Å². The summed E-state index contributed by atoms with van der Waals surface area (Å²) in [5.74, 6) is 5.34. The molecule has 0 radical (unpaired) electrons. The molecule has 0 spiro atoms. The highest BCUT2D eigenvalue weighted by atomic mass is 19.1. The number of benzene rings is 2. The number of rotatable bonds is 5. The average molecular weight is 421 g/mol. The van der Waals surface area contributed by atoms with Gasteiger partial charge in [-0.25, -0.2) is 4.39 Å². The van der Waals surface area contributed by atoms with Gasteiger partial charge in [-0.05, 0) is 54.7 Å². The van der Waals surface area contributed by atoms with E-state index in [9.17, 15) is 14.0 Å². The van der Waals surface area contributed by atoms with Crippen LogP contribution in [0.2, 0.25) is 0 Å². The molecule has 0 bridgehead atoms. The third-order valence-electron chi connectivity index (χ3n) is 5.93. The SMILES string of the molecule is CN(C)C(=O)CC1(CNC(=O)c2ccc(C#Cc3ccccc3F)cc2)CCCCC1. The van der Waals surface area contributed by atoms with Crippen LogP contribution in [-0.2, 0) is 4.79 Å². The predicted octanol–water partition coefficient (Wildman–Crippen LogP) is 4.38. The van der Waals surface area contributed by atoms with Crippen LogP contribution >= 0.6 is 0 Å². The number of carbonyl (C=O) groups is 2. The summed E-state index contributed by atoms with van der Waals surface area (Å²) in [6, 6.07) is 13.3. The molecule has 0 aromatic heterocycles. The number of carbonyl (C=O) groups excluding carboxylic acids is 2. The van der Waals surface area contributed by atoms with Gasteiger partial charge < -0.3 is 10.2 Å². The van der Waals surface area contributed by atoms with Crippen molar-refractivity contribution in [2.24, 2.45) is 5.41 Å². The van der Waals surface area contributed by atoms with Gasteiger partial charge in [0.1, 0.15) is 5.82 Å². The monoisotopic (exact) mass is 420 g/mol. The molecule has 1 aliphatic carbocycles. The van der Waals surface area contributed by atoms with Gasteiger partial charge in [-0.15, -0.1) is 0 Å². The molecular formula is C26H29FN2O2. The van der Waals surface area contributed by atoms with Crippen molar-refractivity contribution in [1.29, 1.82) is 0 Å². The molecule has 0 aliphatic heterocycles. The number of nitrogens with one attached hydrogen (secondary N) is 1. The number of halogens is 1. The Hall–Kier alpha value is -3.13. The third-order valence-corrected chi connectivity index (χ3v) is 5.93. The first-order chi connectivity index (χ1) is 14.9. The van der Waals surface area contributed by atoms with Crippen LogP contribution in [0.5, 0.6) is 0 Å². The minimum absolute atomic E-state index is 0.105. The molecule has 162 valence electrons. The van der Waals surface area contributed by atoms with E-state index in [0.717, 1.165) is 25.7 Å². The van der Waals surface area contributed by atoms with Gasteiger partial charge in [0, 0.05) is 38.2 Å². The van der Waals surface area contributed by atoms with Crippen LogP contribution in [0.3, 0.4) is 0 Å². The van der Waals surface area contributed by atoms with Gasteiger partial charge in [-0.3, -0.25) is 9.59 Å². The Morgan fingerprint density at radius 2 is 1.68 bits per heavy atom. The molecule has 1 aliphatic rings. The van der Waals surface area contributed by atoms with E-state index in [4.69, 9.17) is 0 Å². The largest absolute Gasteiger partial charge is 0.351 e. The molecule has 0 heterocycles. The minimum atomic E-state index is -0.351. The second-order valence-electron chi connectivity index (χ2n) is 8.52. The summed E-state index contributed by atoms with van der Waals surface area (Å²) in [6.45, 7) is 0.500. The molecule has 0 saturated heterocycles. The lowest BCUT2D eigenvalue weighted by Gasteiger charge is -2.37. The van der Waals surface area contributed by atoms with Crippen molar-refractivity contribution in [2.75, 3.05) is 20.6 Å². The summed E-state index contributed by atoms with van der Waals surface area (Å²) < 4.78 is 13.7. The van der Waals surface area contributed by atoms with Gasteiger partial charge in [0.05, 0.1) is 5.56 Å². The molecule has 0 atom stereocenters. The molecule has 31 heavy (non-hydrogen) atoms. The molecule has 1 saturated carbocycles. The third kappa shape index (κ3) is 6.18. The maximum atomic E-state index is 13.7. The second-order valence-corrected chi connectivity index (χ2v) is 8.52. The smallest absolute Gasteiger partial charge is 0.251 e. The molecule has 2 aromatic rings. The molecule has 3 rings (SSSR count). The first-order valence-corrected chi connectivity index (χ1v) is 10.7. The van der Waals surface area contributed by atoms with Gasteiger partial charge in [0.2, 0.25) is 5.91 Å². The second kappa shape index (κ2) is 10.3. The maximum Gasteiger partial charge on any atom is 0.251 e. The molecule has 4 nitrogen and oxygen atoms in total. The highest BCUT2D eigenvalue weighted by Crippen LogP contribution is 2.39. The predicted molar refractivity (Wildman–Crippen MR) is 120 cm³/mol. The van der Waals surface area contributed by atoms with E-state index in [-0.39, 0.29) is 23.0 Å². The van der Waals surface area contributed by atoms with Gasteiger partial charge in [-0.1, -0.05) is 43.2 Å². The van der Waals surface area contributed by atoms with Crippen molar-refractivity contribution in [3.05, 3.63) is 71.0 Å². The Kier molecular flexibility index (Phi) is 7.46. The van der Waals surface area contributed by atoms with Crippen LogP contribution in [-0.4, -0.2) is 37.4 Å². The topological polar surface area (TPSA) is 49.4 Å². The standard InChI is InChI=1S/C26H29FN2O2/c1-29(2)24(30)18-26(16-6-3-7-17-26)19-28-25(31)22-14-11-20(12-15-22)10-13-21-8-4-5-9-23(21)27/h4-5,8-9,11-12,14-15H,3,6-7,16-19H2,1-2H3,(H,28,31). The van der Waals surface area contributed by atoms with E-state index >= 15 is 0 Å². The normalized spacial score (nSPS) is 14.8. The van der Waals surface area contributed by atoms with Crippen molar-refractivity contribution >= 4 is 11.8 Å². The molecule has 0 unspecified atom stereocenters. The highest BCUT2D eigenvalue weighted by Gasteiger charge is 2.35. The van der Waals surface area contributed by atoms with E-state index in [2.05, 4.69) is 17.2 Å². The Morgan fingerprint density at radius 1 is 1.00 bits per heavy atom. The zero-order valence-electron chi connectivity index (χ0n) is 18.2. The first-order valence-electron chi connectivity index (χ1n) is 10.7. The summed E-state index contributed by atoms with van der Waals surface area (Å²) in [6.07, 6.45) is 5.73. The summed E-state index contributed by atoms with van der Waals surface area (Å²) in [7, 11) is 3.54. The lowest BCUT2D eigenvalue weighted by atomic mass is 9.71. The summed E-state index contributed by atoms with van der Waals surface area (Å²) in [4.78, 5) is 26.6. The Labute approximate surface area is 183 Å². The van der Waals surface area contributed by atoms with Crippen LogP contribution in [0, 0.1) is 23.1 Å². The molecule has 2 aromatic carbocycles. The highest BCUT2D eigenvalue weighted by molar-refractivity contribution is 5.94. The lowest BCUT2D eigenvalue weighted by molar-refractivity contribution is -0.131. The van der Waals surface area contributed by atoms with Crippen molar-refractivity contribution in [1.82, 2.24) is 10.2 Å². The summed E-state index contributed by atoms with van der Waals surface area (Å²) in [5, 5.41) is 3.04. The summed E-state index contributed by atoms with van der Waals surface area (Å²) >= 11 is 0. The fourth-order valence-electron chi connectivity index (χ4n) is 3.97. The Bertz CT molecular complexity index is 980. The molecule has 5 heteroatoms. The zero-order chi connectivity index (χ0) is 22.3. The maximum absolute atomic E-state index is 13.7. The van der Waals surface area contributed by atoms with Crippen LogP contribution in [0.15, 0.2) is 48.5 Å². The van der Waals surface area contributed by atoms with Crippen molar-refractivity contribution < 1.29 is 14.0 Å². The summed E-state index contributed by atoms with van der Waals surface area (Å²) in [5.41, 5.74) is 1.43. The van der Waals surface area contributed by atoms with Gasteiger partial charge in [0.15, 0.2) is 0 Å². The zero-order valence-corrected chi connectivity index (χ0v) is 18.2. The fourth-order valence-corrected chi connectivity index (χ4v) is 3.97. The van der Waals surface area contributed by atoms with E-state index in [1.165, 1.54) is 12.5 Å². The van der Waals surface area contributed by atoms with Crippen LogP contribution in [0.25, 0.3) is 0 Å². The van der Waals surface area contributed by atoms with E-state index in [1.807, 2.05) is 0 Å². The first kappa shape index (κ1) is 22.6. The molecule has 1 fully saturated rings. The van der Waals surface area contributed by atoms with Crippen molar-refractivity contribution in [2.45, 2.75) is 38.5 Å². The Morgan fingerprint density at radius 3 is 2.32 bits per heavy atom. The number of hydrogen-bond donors (Lipinski definition) is 1. The van der Waals surface area contributed by atoms with Crippen LogP contribution < -0.4 is 5.32 Å². The number of hydrogen-bond acceptors (Lipinski definition) is 2. The Balaban J connectivity index is 1.63. The molecular weight excluding hydrogens is 391 g/mol. The van der Waals surface area contributed by atoms with Crippen LogP contribution in [0.4, 0.5) is 4.39 Å². The lowest BCUT2D eigenvalue weighted by Crippen LogP contribution is -2.42. The average Bonchev–Trinajstić information content (AvgIpc) is 2.78. The van der Waals surface area contributed by atoms with Crippen LogP contribution in [0.1, 0.15) is 60.0 Å². The van der Waals surface area contributed by atoms with Gasteiger partial charge >= 0.3 is 0 Å². The minimum Gasteiger partial charge on any atom is -0.351 e. The van der Waals surface area contributed by atoms with Gasteiger partial charge in [0.25, 0.3) is 5.91 Å². The van der Waals surface area contributed by atoms with E-state index < -0.39 is 0 Å².